The molecule has 0 bridgehead atoms. The molecule has 1 N–H and O–H groups in total. The molecule has 174 valence electrons. The number of rotatable bonds is 8. The van der Waals surface area contributed by atoms with Crippen LogP contribution in [0.5, 0.6) is 0 Å². The van der Waals surface area contributed by atoms with Crippen LogP contribution in [-0.4, -0.2) is 87.3 Å². The molecule has 2 saturated heterocycles. The first-order valence-electron chi connectivity index (χ1n) is 11.6. The monoisotopic (exact) mass is 450 g/mol. The lowest BCUT2D eigenvalue weighted by atomic mass is 10.1. The van der Waals surface area contributed by atoms with Crippen molar-refractivity contribution < 1.29 is 13.2 Å². The van der Waals surface area contributed by atoms with E-state index < -0.39 is 10.0 Å². The van der Waals surface area contributed by atoms with Crippen LogP contribution in [0.3, 0.4) is 0 Å². The van der Waals surface area contributed by atoms with E-state index >= 15 is 0 Å². The van der Waals surface area contributed by atoms with Gasteiger partial charge in [0.2, 0.25) is 15.9 Å². The molecule has 0 spiro atoms. The number of hydrogen-bond donors (Lipinski definition) is 1. The molecule has 8 heteroatoms. The first-order valence-corrected chi connectivity index (χ1v) is 13.0. The van der Waals surface area contributed by atoms with Gasteiger partial charge in [0.15, 0.2) is 0 Å². The second-order valence-electron chi connectivity index (χ2n) is 8.89. The maximum Gasteiger partial charge on any atom is 0.243 e. The summed E-state index contributed by atoms with van der Waals surface area (Å²) in [5.74, 6) is 0.0384. The predicted octanol–water partition coefficient (Wildman–Crippen LogP) is 1.91. The fourth-order valence-corrected chi connectivity index (χ4v) is 6.16. The van der Waals surface area contributed by atoms with Crippen molar-refractivity contribution in [3.05, 3.63) is 28.8 Å². The highest BCUT2D eigenvalue weighted by Gasteiger charge is 2.28. The number of nitrogens with zero attached hydrogens (tertiary/aromatic N) is 3. The Morgan fingerprint density at radius 1 is 0.935 bits per heavy atom. The SMILES string of the molecule is Cc1cc(C)c(S(=O)(=O)N(CCC(=O)N2CCNCC2)CCN2CCCCC2)cc1C. The van der Waals surface area contributed by atoms with Gasteiger partial charge in [-0.25, -0.2) is 8.42 Å². The van der Waals surface area contributed by atoms with Crippen LogP contribution < -0.4 is 5.32 Å². The summed E-state index contributed by atoms with van der Waals surface area (Å²) in [4.78, 5) is 17.3. The predicted molar refractivity (Wildman–Crippen MR) is 124 cm³/mol. The van der Waals surface area contributed by atoms with Crippen molar-refractivity contribution in [2.75, 3.05) is 58.9 Å². The van der Waals surface area contributed by atoms with Crippen molar-refractivity contribution in [3.8, 4) is 0 Å². The van der Waals surface area contributed by atoms with Gasteiger partial charge in [-0.15, -0.1) is 0 Å². The number of nitrogens with one attached hydrogen (secondary N) is 1. The van der Waals surface area contributed by atoms with E-state index in [1.54, 1.807) is 10.4 Å². The second kappa shape index (κ2) is 10.9. The molecule has 0 aliphatic carbocycles. The molecular formula is C23H38N4O3S. The topological polar surface area (TPSA) is 73.0 Å². The number of carbonyl (C=O) groups is 1. The Hall–Kier alpha value is -1.48. The zero-order valence-corrected chi connectivity index (χ0v) is 20.1. The molecule has 1 aromatic carbocycles. The third-order valence-electron chi connectivity index (χ3n) is 6.57. The fourth-order valence-electron chi connectivity index (χ4n) is 4.43. The molecule has 0 atom stereocenters. The fraction of sp³-hybridized carbons (Fsp3) is 0.696. The van der Waals surface area contributed by atoms with Crippen molar-refractivity contribution >= 4 is 15.9 Å². The Morgan fingerprint density at radius 2 is 1.58 bits per heavy atom. The minimum Gasteiger partial charge on any atom is -0.340 e. The van der Waals surface area contributed by atoms with E-state index in [1.165, 1.54) is 19.3 Å². The van der Waals surface area contributed by atoms with Gasteiger partial charge in [-0.1, -0.05) is 12.5 Å². The highest BCUT2D eigenvalue weighted by molar-refractivity contribution is 7.89. The molecule has 0 saturated carbocycles. The number of piperazine rings is 1. The van der Waals surface area contributed by atoms with Crippen LogP contribution in [0, 0.1) is 20.8 Å². The van der Waals surface area contributed by atoms with Gasteiger partial charge in [0.25, 0.3) is 0 Å². The smallest absolute Gasteiger partial charge is 0.243 e. The van der Waals surface area contributed by atoms with E-state index in [2.05, 4.69) is 10.2 Å². The summed E-state index contributed by atoms with van der Waals surface area (Å²) in [6.45, 7) is 12.2. The van der Waals surface area contributed by atoms with Crippen LogP contribution in [0.25, 0.3) is 0 Å². The molecule has 2 heterocycles. The quantitative estimate of drug-likeness (QED) is 0.655. The van der Waals surface area contributed by atoms with Crippen molar-refractivity contribution in [1.82, 2.24) is 19.4 Å². The molecule has 1 aromatic rings. The van der Waals surface area contributed by atoms with E-state index in [-0.39, 0.29) is 18.9 Å². The Labute approximate surface area is 187 Å². The standard InChI is InChI=1S/C23H38N4O3S/c1-19-17-21(3)22(18-20(19)2)31(29,30)27(16-15-25-10-5-4-6-11-25)12-7-23(28)26-13-8-24-9-14-26/h17-18,24H,4-16H2,1-3H3. The van der Waals surface area contributed by atoms with Gasteiger partial charge in [-0.2, -0.15) is 4.31 Å². The number of aryl methyl sites for hydroxylation is 3. The molecule has 2 aliphatic heterocycles. The maximum atomic E-state index is 13.7. The Kier molecular flexibility index (Phi) is 8.50. The zero-order valence-electron chi connectivity index (χ0n) is 19.3. The van der Waals surface area contributed by atoms with E-state index in [1.807, 2.05) is 31.7 Å². The van der Waals surface area contributed by atoms with Gasteiger partial charge in [-0.3, -0.25) is 4.79 Å². The number of likely N-dealkylation sites (tertiary alicyclic amines) is 1. The van der Waals surface area contributed by atoms with Gasteiger partial charge < -0.3 is 15.1 Å². The van der Waals surface area contributed by atoms with Crippen molar-refractivity contribution in [2.24, 2.45) is 0 Å². The number of piperidine rings is 1. The zero-order chi connectivity index (χ0) is 22.4. The molecule has 0 unspecified atom stereocenters. The van der Waals surface area contributed by atoms with Crippen molar-refractivity contribution in [3.63, 3.8) is 0 Å². The third kappa shape index (κ3) is 6.28. The Bertz CT molecular complexity index is 860. The molecule has 0 aromatic heterocycles. The Balaban J connectivity index is 1.76. The number of amides is 1. The van der Waals surface area contributed by atoms with Crippen molar-refractivity contribution in [2.45, 2.75) is 51.3 Å². The lowest BCUT2D eigenvalue weighted by Gasteiger charge is -2.31. The summed E-state index contributed by atoms with van der Waals surface area (Å²) in [5, 5.41) is 3.25. The molecule has 7 nitrogen and oxygen atoms in total. The van der Waals surface area contributed by atoms with Gasteiger partial charge in [0.05, 0.1) is 4.90 Å². The molecule has 2 fully saturated rings. The minimum atomic E-state index is -3.67. The first kappa shape index (κ1) is 24.2. The van der Waals surface area contributed by atoms with Crippen LogP contribution in [0.1, 0.15) is 42.4 Å². The first-order chi connectivity index (χ1) is 14.8. The number of benzene rings is 1. The molecule has 31 heavy (non-hydrogen) atoms. The summed E-state index contributed by atoms with van der Waals surface area (Å²) in [7, 11) is -3.67. The lowest BCUT2D eigenvalue weighted by Crippen LogP contribution is -2.47. The largest absolute Gasteiger partial charge is 0.340 e. The average Bonchev–Trinajstić information content (AvgIpc) is 2.77. The van der Waals surface area contributed by atoms with Crippen LogP contribution in [0.15, 0.2) is 17.0 Å². The van der Waals surface area contributed by atoms with E-state index in [4.69, 9.17) is 0 Å². The summed E-state index contributed by atoms with van der Waals surface area (Å²) in [5.41, 5.74) is 2.82. The average molecular weight is 451 g/mol. The summed E-state index contributed by atoms with van der Waals surface area (Å²) >= 11 is 0. The Morgan fingerprint density at radius 3 is 2.26 bits per heavy atom. The highest BCUT2D eigenvalue weighted by atomic mass is 32.2. The number of hydrogen-bond acceptors (Lipinski definition) is 5. The van der Waals surface area contributed by atoms with Crippen LogP contribution in [-0.2, 0) is 14.8 Å². The van der Waals surface area contributed by atoms with Gasteiger partial charge in [-0.05, 0) is 69.5 Å². The lowest BCUT2D eigenvalue weighted by molar-refractivity contribution is -0.131. The highest BCUT2D eigenvalue weighted by Crippen LogP contribution is 2.24. The molecular weight excluding hydrogens is 412 g/mol. The molecule has 2 aliphatic rings. The summed E-state index contributed by atoms with van der Waals surface area (Å²) in [6, 6.07) is 3.73. The number of sulfonamides is 1. The number of carbonyl (C=O) groups excluding carboxylic acids is 1. The van der Waals surface area contributed by atoms with E-state index in [0.717, 1.165) is 42.9 Å². The van der Waals surface area contributed by atoms with Crippen LogP contribution in [0.4, 0.5) is 0 Å². The third-order valence-corrected chi connectivity index (χ3v) is 8.61. The van der Waals surface area contributed by atoms with Crippen molar-refractivity contribution in [1.29, 1.82) is 0 Å². The van der Waals surface area contributed by atoms with Crippen LogP contribution in [0.2, 0.25) is 0 Å². The van der Waals surface area contributed by atoms with Crippen LogP contribution >= 0.6 is 0 Å². The van der Waals surface area contributed by atoms with Gasteiger partial charge in [0.1, 0.15) is 0 Å². The van der Waals surface area contributed by atoms with Gasteiger partial charge >= 0.3 is 0 Å². The van der Waals surface area contributed by atoms with Gasteiger partial charge in [0, 0.05) is 52.2 Å². The molecule has 1 amide bonds. The minimum absolute atomic E-state index is 0.0384. The second-order valence-corrected chi connectivity index (χ2v) is 10.8. The summed E-state index contributed by atoms with van der Waals surface area (Å²) in [6.07, 6.45) is 3.82. The molecule has 3 rings (SSSR count). The summed E-state index contributed by atoms with van der Waals surface area (Å²) < 4.78 is 28.8. The molecule has 0 radical (unpaired) electrons. The maximum absolute atomic E-state index is 13.7. The van der Waals surface area contributed by atoms with E-state index in [9.17, 15) is 13.2 Å². The van der Waals surface area contributed by atoms with E-state index in [0.29, 0.717) is 31.1 Å². The normalized spacial score (nSPS) is 18.5.